The molecule has 1 aliphatic rings. The zero-order valence-corrected chi connectivity index (χ0v) is 8.38. The molecule has 0 aliphatic carbocycles. The predicted octanol–water partition coefficient (Wildman–Crippen LogP) is 0.533. The lowest BCUT2D eigenvalue weighted by Gasteiger charge is -2.14. The van der Waals surface area contributed by atoms with Crippen LogP contribution in [0, 0.1) is 7.05 Å². The largest absolute Gasteiger partial charge is 0.467 e. The first-order valence-corrected chi connectivity index (χ1v) is 4.74. The van der Waals surface area contributed by atoms with E-state index in [2.05, 4.69) is 13.1 Å². The van der Waals surface area contributed by atoms with Crippen LogP contribution in [0.1, 0.15) is 5.56 Å². The summed E-state index contributed by atoms with van der Waals surface area (Å²) in [5.74, 6) is 0.933. The van der Waals surface area contributed by atoms with Gasteiger partial charge in [-0.05, 0) is 12.1 Å². The Morgan fingerprint density at radius 1 is 1.50 bits per heavy atom. The van der Waals surface area contributed by atoms with Gasteiger partial charge in [-0.15, -0.1) is 7.05 Å². The Labute approximate surface area is 84.2 Å². The van der Waals surface area contributed by atoms with Crippen LogP contribution in [-0.4, -0.2) is 20.4 Å². The van der Waals surface area contributed by atoms with Gasteiger partial charge in [0.2, 0.25) is 0 Å². The molecule has 2 rings (SSSR count). The summed E-state index contributed by atoms with van der Waals surface area (Å²) in [5, 5.41) is 0. The molecular formula is C11H15NO2. The van der Waals surface area contributed by atoms with Crippen molar-refractivity contribution in [3.05, 3.63) is 30.8 Å². The number of quaternary nitrogens is 1. The minimum absolute atomic E-state index is 0.308. The first-order valence-electron chi connectivity index (χ1n) is 4.74. The monoisotopic (exact) mass is 193 g/mol. The van der Waals surface area contributed by atoms with Crippen molar-refractivity contribution >= 4 is 5.69 Å². The zero-order valence-electron chi connectivity index (χ0n) is 8.38. The van der Waals surface area contributed by atoms with Crippen LogP contribution in [0.2, 0.25) is 0 Å². The Hall–Kier alpha value is -1.06. The minimum atomic E-state index is 0.308. The van der Waals surface area contributed by atoms with Gasteiger partial charge in [-0.2, -0.15) is 0 Å². The number of rotatable bonds is 3. The number of nitrogens with one attached hydrogen (secondary N) is 1. The maximum Gasteiger partial charge on any atom is 0.188 e. The summed E-state index contributed by atoms with van der Waals surface area (Å²) in [6.45, 7) is 1.35. The van der Waals surface area contributed by atoms with E-state index in [9.17, 15) is 0 Å². The van der Waals surface area contributed by atoms with Gasteiger partial charge in [-0.1, -0.05) is 6.07 Å². The maximum absolute atomic E-state index is 5.48. The molecular weight excluding hydrogens is 178 g/mol. The van der Waals surface area contributed by atoms with E-state index in [-0.39, 0.29) is 0 Å². The van der Waals surface area contributed by atoms with Gasteiger partial charge < -0.3 is 14.4 Å². The summed E-state index contributed by atoms with van der Waals surface area (Å²) < 4.78 is 10.4. The molecule has 1 unspecified atom stereocenters. The summed E-state index contributed by atoms with van der Waals surface area (Å²) in [7, 11) is 5.66. The quantitative estimate of drug-likeness (QED) is 0.559. The number of methoxy groups -OCH3 is 1. The Kier molecular flexibility index (Phi) is 2.70. The molecule has 1 aliphatic heterocycles. The summed E-state index contributed by atoms with van der Waals surface area (Å²) in [6, 6.07) is 6.08. The number of benzene rings is 1. The topological polar surface area (TPSA) is 22.9 Å². The van der Waals surface area contributed by atoms with E-state index in [1.807, 2.05) is 12.1 Å². The lowest BCUT2D eigenvalue weighted by molar-refractivity contribution is -0.775. The predicted molar refractivity (Wildman–Crippen MR) is 53.5 cm³/mol. The number of ether oxygens (including phenoxy) is 2. The van der Waals surface area contributed by atoms with Gasteiger partial charge in [0.15, 0.2) is 6.79 Å². The number of hydrogen-bond donors (Lipinski definition) is 1. The Bertz CT molecular complexity index is 325. The lowest BCUT2D eigenvalue weighted by Crippen LogP contribution is -3.00. The van der Waals surface area contributed by atoms with Gasteiger partial charge in [0.25, 0.3) is 0 Å². The van der Waals surface area contributed by atoms with Crippen molar-refractivity contribution in [3.63, 3.8) is 0 Å². The highest BCUT2D eigenvalue weighted by atomic mass is 16.7. The molecule has 0 bridgehead atoms. The van der Waals surface area contributed by atoms with E-state index >= 15 is 0 Å². The number of hydrogen-bond acceptors (Lipinski definition) is 2. The van der Waals surface area contributed by atoms with E-state index in [1.54, 1.807) is 7.11 Å². The van der Waals surface area contributed by atoms with Gasteiger partial charge in [0.05, 0.1) is 12.1 Å². The highest BCUT2D eigenvalue weighted by molar-refractivity contribution is 5.51. The van der Waals surface area contributed by atoms with E-state index in [0.717, 1.165) is 18.7 Å². The highest BCUT2D eigenvalue weighted by Gasteiger charge is 2.20. The first-order chi connectivity index (χ1) is 6.83. The number of fused-ring (bicyclic) bond motifs is 1. The van der Waals surface area contributed by atoms with Crippen molar-refractivity contribution in [3.8, 4) is 5.75 Å². The molecule has 1 aromatic carbocycles. The fraction of sp³-hybridized carbons (Fsp3) is 0.364. The van der Waals surface area contributed by atoms with Gasteiger partial charge in [0.1, 0.15) is 11.4 Å². The van der Waals surface area contributed by atoms with E-state index in [4.69, 9.17) is 9.47 Å². The van der Waals surface area contributed by atoms with Gasteiger partial charge in [-0.25, -0.2) is 0 Å². The molecule has 0 fully saturated rings. The molecule has 0 saturated heterocycles. The molecule has 0 amide bonds. The summed E-state index contributed by atoms with van der Waals surface area (Å²) in [4.78, 5) is 1.21. The van der Waals surface area contributed by atoms with Crippen LogP contribution in [-0.2, 0) is 11.2 Å². The average Bonchev–Trinajstić information content (AvgIpc) is 2.58. The molecule has 1 aromatic rings. The van der Waals surface area contributed by atoms with Crippen LogP contribution in [0.4, 0.5) is 5.69 Å². The molecule has 0 radical (unpaired) electrons. The Morgan fingerprint density at radius 3 is 3.14 bits per heavy atom. The zero-order chi connectivity index (χ0) is 9.97. The van der Waals surface area contributed by atoms with E-state index < -0.39 is 0 Å². The molecule has 76 valence electrons. The molecule has 0 spiro atoms. The van der Waals surface area contributed by atoms with Crippen LogP contribution >= 0.6 is 0 Å². The third-order valence-electron chi connectivity index (χ3n) is 2.52. The molecule has 3 nitrogen and oxygen atoms in total. The third-order valence-corrected chi connectivity index (χ3v) is 2.52. The van der Waals surface area contributed by atoms with E-state index in [1.165, 1.54) is 16.2 Å². The van der Waals surface area contributed by atoms with Crippen LogP contribution in [0.15, 0.2) is 18.2 Å². The molecule has 1 heterocycles. The van der Waals surface area contributed by atoms with Crippen molar-refractivity contribution in [2.75, 3.05) is 20.4 Å². The minimum Gasteiger partial charge on any atom is -0.467 e. The second-order valence-electron chi connectivity index (χ2n) is 3.44. The fourth-order valence-electron chi connectivity index (χ4n) is 1.82. The molecule has 1 N–H and O–H groups in total. The maximum atomic E-state index is 5.48. The van der Waals surface area contributed by atoms with Gasteiger partial charge in [-0.3, -0.25) is 0 Å². The fourth-order valence-corrected chi connectivity index (χ4v) is 1.82. The van der Waals surface area contributed by atoms with Crippen molar-refractivity contribution in [2.45, 2.75) is 6.42 Å². The Morgan fingerprint density at radius 2 is 2.36 bits per heavy atom. The highest BCUT2D eigenvalue weighted by Crippen LogP contribution is 2.27. The SMILES string of the molecule is [CH2-][NH+]1CCc2c(OCOC)cccc21. The van der Waals surface area contributed by atoms with Gasteiger partial charge in [0, 0.05) is 13.5 Å². The standard InChI is InChI=1S/C11H15NO2/c1-12-7-6-9-10(12)4-3-5-11(9)14-8-13-2/h3-5,12H,1,6-8H2,2H3. The smallest absolute Gasteiger partial charge is 0.188 e. The normalized spacial score (nSPS) is 19.4. The van der Waals surface area contributed by atoms with E-state index in [0.29, 0.717) is 6.79 Å². The lowest BCUT2D eigenvalue weighted by atomic mass is 10.1. The summed E-state index contributed by atoms with van der Waals surface area (Å²) in [6.07, 6.45) is 1.04. The summed E-state index contributed by atoms with van der Waals surface area (Å²) >= 11 is 0. The second-order valence-corrected chi connectivity index (χ2v) is 3.44. The van der Waals surface area contributed by atoms with Crippen LogP contribution in [0.25, 0.3) is 0 Å². The van der Waals surface area contributed by atoms with Crippen molar-refractivity contribution in [2.24, 2.45) is 0 Å². The summed E-state index contributed by atoms with van der Waals surface area (Å²) in [5.41, 5.74) is 2.52. The van der Waals surface area contributed by atoms with Gasteiger partial charge >= 0.3 is 0 Å². The van der Waals surface area contributed by atoms with Crippen LogP contribution in [0.3, 0.4) is 0 Å². The van der Waals surface area contributed by atoms with Crippen molar-refractivity contribution in [1.82, 2.24) is 0 Å². The molecule has 0 aromatic heterocycles. The molecule has 1 atom stereocenters. The van der Waals surface area contributed by atoms with Crippen LogP contribution in [0.5, 0.6) is 5.75 Å². The van der Waals surface area contributed by atoms with Crippen molar-refractivity contribution < 1.29 is 14.4 Å². The molecule has 0 saturated carbocycles. The second kappa shape index (κ2) is 3.98. The third kappa shape index (κ3) is 1.61. The molecule has 3 heteroatoms. The first kappa shape index (κ1) is 9.49. The molecule has 14 heavy (non-hydrogen) atoms. The Balaban J connectivity index is 2.25. The van der Waals surface area contributed by atoms with Crippen molar-refractivity contribution in [1.29, 1.82) is 0 Å². The average molecular weight is 193 g/mol. The van der Waals surface area contributed by atoms with Crippen LogP contribution < -0.4 is 9.64 Å².